The van der Waals surface area contributed by atoms with Gasteiger partial charge >= 0.3 is 0 Å². The van der Waals surface area contributed by atoms with Crippen LogP contribution in [0.15, 0.2) is 170 Å². The smallest absolute Gasteiger partial charge is 0.138 e. The molecule has 0 radical (unpaired) electrons. The standard InChI is InChI=1S/C45H30N4/c1-2-13-30(14-3-1)47-39-22-10-7-18-36(39)42-32(20-12-24-41(42)47)29-25-27-31(28-26-29)48-40-23-11-8-19-37(40)43-45(48)46-44-35-17-5-4-15-33(35)34-16-6-9-21-38(34)49(43)44/h1-28,44,46H. The molecule has 11 rings (SSSR count). The molecule has 0 amide bonds. The first kappa shape index (κ1) is 26.5. The molecular formula is C45H30N4. The first-order chi connectivity index (χ1) is 24.3. The summed E-state index contributed by atoms with van der Waals surface area (Å²) in [7, 11) is 0. The third kappa shape index (κ3) is 3.63. The topological polar surface area (TPSA) is 25.1 Å². The molecule has 1 unspecified atom stereocenters. The minimum absolute atomic E-state index is 0.0192. The van der Waals surface area contributed by atoms with E-state index in [1.54, 1.807) is 0 Å². The summed E-state index contributed by atoms with van der Waals surface area (Å²) in [6.07, 6.45) is 0.0192. The molecule has 1 N–H and O–H groups in total. The van der Waals surface area contributed by atoms with Crippen molar-refractivity contribution in [3.8, 4) is 33.6 Å². The molecule has 0 saturated carbocycles. The van der Waals surface area contributed by atoms with Crippen LogP contribution in [0.5, 0.6) is 0 Å². The van der Waals surface area contributed by atoms with E-state index in [9.17, 15) is 0 Å². The Kier molecular flexibility index (Phi) is 5.41. The second-order valence-corrected chi connectivity index (χ2v) is 13.0. The van der Waals surface area contributed by atoms with Gasteiger partial charge in [0, 0.05) is 38.7 Å². The van der Waals surface area contributed by atoms with Gasteiger partial charge in [0.25, 0.3) is 0 Å². The summed E-state index contributed by atoms with van der Waals surface area (Å²) >= 11 is 0. The average molecular weight is 627 g/mol. The Morgan fingerprint density at radius 3 is 1.88 bits per heavy atom. The van der Waals surface area contributed by atoms with E-state index in [0.717, 1.165) is 11.5 Å². The lowest BCUT2D eigenvalue weighted by Gasteiger charge is -2.35. The summed E-state index contributed by atoms with van der Waals surface area (Å²) in [6.45, 7) is 0. The predicted molar refractivity (Wildman–Crippen MR) is 203 cm³/mol. The molecule has 1 atom stereocenters. The maximum absolute atomic E-state index is 3.99. The van der Waals surface area contributed by atoms with Gasteiger partial charge in [-0.2, -0.15) is 0 Å². The van der Waals surface area contributed by atoms with Crippen LogP contribution >= 0.6 is 0 Å². The fourth-order valence-corrected chi connectivity index (χ4v) is 8.46. The molecule has 4 heteroatoms. The van der Waals surface area contributed by atoms with E-state index in [2.05, 4.69) is 189 Å². The molecule has 230 valence electrons. The molecule has 2 aliphatic heterocycles. The Morgan fingerprint density at radius 2 is 1.04 bits per heavy atom. The van der Waals surface area contributed by atoms with Gasteiger partial charge in [0.05, 0.1) is 27.9 Å². The average Bonchev–Trinajstić information content (AvgIpc) is 3.83. The molecule has 9 aromatic rings. The lowest BCUT2D eigenvalue weighted by molar-refractivity contribution is 0.815. The molecule has 4 heterocycles. The highest BCUT2D eigenvalue weighted by atomic mass is 15.4. The van der Waals surface area contributed by atoms with Gasteiger partial charge in [-0.25, -0.2) is 0 Å². The minimum atomic E-state index is 0.0192. The molecule has 0 spiro atoms. The Morgan fingerprint density at radius 1 is 0.429 bits per heavy atom. The van der Waals surface area contributed by atoms with E-state index in [-0.39, 0.29) is 6.17 Å². The maximum Gasteiger partial charge on any atom is 0.138 e. The maximum atomic E-state index is 3.99. The second kappa shape index (κ2) is 9.99. The van der Waals surface area contributed by atoms with Gasteiger partial charge in [0.1, 0.15) is 12.0 Å². The van der Waals surface area contributed by atoms with Crippen molar-refractivity contribution in [3.63, 3.8) is 0 Å². The van der Waals surface area contributed by atoms with E-state index in [1.165, 1.54) is 77.6 Å². The van der Waals surface area contributed by atoms with Crippen LogP contribution < -0.4 is 10.2 Å². The number of benzene rings is 7. The summed E-state index contributed by atoms with van der Waals surface area (Å²) in [5.41, 5.74) is 14.7. The SMILES string of the molecule is c1ccc(-n2c3ccccc3c3c(-c4ccc(-n5c6c(c7ccccc75)N5c7ccccc7-c7ccccc7C5N6)cc4)cccc32)cc1. The largest absolute Gasteiger partial charge is 0.345 e. The number of hydrogen-bond acceptors (Lipinski definition) is 2. The number of hydrogen-bond donors (Lipinski definition) is 1. The lowest BCUT2D eigenvalue weighted by Crippen LogP contribution is -2.28. The van der Waals surface area contributed by atoms with Crippen molar-refractivity contribution in [2.45, 2.75) is 6.17 Å². The summed E-state index contributed by atoms with van der Waals surface area (Å²) in [5.74, 6) is 1.12. The predicted octanol–water partition coefficient (Wildman–Crippen LogP) is 11.6. The number of anilines is 3. The van der Waals surface area contributed by atoms with Crippen molar-refractivity contribution in [2.24, 2.45) is 0 Å². The molecule has 0 aliphatic carbocycles. The second-order valence-electron chi connectivity index (χ2n) is 13.0. The fraction of sp³-hybridized carbons (Fsp3) is 0.0222. The van der Waals surface area contributed by atoms with Crippen LogP contribution in [-0.4, -0.2) is 9.13 Å². The van der Waals surface area contributed by atoms with Gasteiger partial charge in [0.15, 0.2) is 0 Å². The zero-order chi connectivity index (χ0) is 32.1. The first-order valence-corrected chi connectivity index (χ1v) is 16.9. The van der Waals surface area contributed by atoms with Crippen molar-refractivity contribution >= 4 is 49.9 Å². The van der Waals surface area contributed by atoms with Crippen LogP contribution in [-0.2, 0) is 0 Å². The van der Waals surface area contributed by atoms with Gasteiger partial charge in [-0.1, -0.05) is 121 Å². The Hall–Kier alpha value is -6.52. The van der Waals surface area contributed by atoms with E-state index < -0.39 is 0 Å². The van der Waals surface area contributed by atoms with Crippen LogP contribution in [0.2, 0.25) is 0 Å². The summed E-state index contributed by atoms with van der Waals surface area (Å²) in [6, 6.07) is 61.6. The van der Waals surface area contributed by atoms with Crippen LogP contribution in [0.4, 0.5) is 17.2 Å². The van der Waals surface area contributed by atoms with Gasteiger partial charge in [0.2, 0.25) is 0 Å². The quantitative estimate of drug-likeness (QED) is 0.211. The number of nitrogens with zero attached hydrogens (tertiary/aromatic N) is 3. The number of para-hydroxylation sites is 4. The molecule has 0 fully saturated rings. The molecule has 7 aromatic carbocycles. The Balaban J connectivity index is 1.08. The van der Waals surface area contributed by atoms with Crippen LogP contribution in [0.25, 0.3) is 66.3 Å². The third-order valence-corrected chi connectivity index (χ3v) is 10.5. The molecule has 2 aromatic heterocycles. The number of aromatic nitrogens is 2. The Bertz CT molecular complexity index is 2750. The summed E-state index contributed by atoms with van der Waals surface area (Å²) < 4.78 is 4.79. The van der Waals surface area contributed by atoms with E-state index in [4.69, 9.17) is 0 Å². The highest BCUT2D eigenvalue weighted by Crippen LogP contribution is 2.57. The molecule has 0 bridgehead atoms. The molecule has 4 nitrogen and oxygen atoms in total. The third-order valence-electron chi connectivity index (χ3n) is 10.5. The molecule has 49 heavy (non-hydrogen) atoms. The summed E-state index contributed by atoms with van der Waals surface area (Å²) in [5, 5.41) is 7.76. The highest BCUT2D eigenvalue weighted by molar-refractivity contribution is 6.16. The number of nitrogens with one attached hydrogen (secondary N) is 1. The van der Waals surface area contributed by atoms with Gasteiger partial charge in [-0.05, 0) is 65.2 Å². The first-order valence-electron chi connectivity index (χ1n) is 16.9. The van der Waals surface area contributed by atoms with E-state index >= 15 is 0 Å². The lowest BCUT2D eigenvalue weighted by atomic mass is 9.91. The molecule has 0 saturated heterocycles. The van der Waals surface area contributed by atoms with Crippen molar-refractivity contribution < 1.29 is 0 Å². The monoisotopic (exact) mass is 626 g/mol. The van der Waals surface area contributed by atoms with Crippen molar-refractivity contribution in [1.29, 1.82) is 0 Å². The number of fused-ring (bicyclic) bond motifs is 13. The van der Waals surface area contributed by atoms with Crippen molar-refractivity contribution in [3.05, 3.63) is 175 Å². The fourth-order valence-electron chi connectivity index (χ4n) is 8.46. The highest BCUT2D eigenvalue weighted by Gasteiger charge is 2.41. The van der Waals surface area contributed by atoms with Crippen LogP contribution in [0, 0.1) is 0 Å². The normalized spacial score (nSPS) is 14.4. The van der Waals surface area contributed by atoms with Gasteiger partial charge < -0.3 is 14.8 Å². The van der Waals surface area contributed by atoms with Crippen molar-refractivity contribution in [1.82, 2.24) is 9.13 Å². The number of rotatable bonds is 3. The van der Waals surface area contributed by atoms with E-state index in [1.807, 2.05) is 0 Å². The van der Waals surface area contributed by atoms with Crippen LogP contribution in [0.1, 0.15) is 11.7 Å². The van der Waals surface area contributed by atoms with Crippen molar-refractivity contribution in [2.75, 3.05) is 10.2 Å². The van der Waals surface area contributed by atoms with Gasteiger partial charge in [-0.3, -0.25) is 4.57 Å². The molecule has 2 aliphatic rings. The summed E-state index contributed by atoms with van der Waals surface area (Å²) in [4.78, 5) is 2.50. The van der Waals surface area contributed by atoms with Crippen LogP contribution in [0.3, 0.4) is 0 Å². The Labute approximate surface area is 283 Å². The zero-order valence-corrected chi connectivity index (χ0v) is 26.6. The zero-order valence-electron chi connectivity index (χ0n) is 26.6. The van der Waals surface area contributed by atoms with Gasteiger partial charge in [-0.15, -0.1) is 0 Å². The van der Waals surface area contributed by atoms with E-state index in [0.29, 0.717) is 0 Å². The molecular weight excluding hydrogens is 597 g/mol. The minimum Gasteiger partial charge on any atom is -0.345 e.